The molecule has 0 radical (unpaired) electrons. The average Bonchev–Trinajstić information content (AvgIpc) is 2.45. The number of pyridine rings is 1. The molecule has 0 aliphatic carbocycles. The van der Waals surface area contributed by atoms with Crippen LogP contribution in [-0.4, -0.2) is 38.3 Å². The molecular formula is C14H22N2O3. The minimum absolute atomic E-state index is 0.183. The van der Waals surface area contributed by atoms with Gasteiger partial charge in [-0.15, -0.1) is 0 Å². The summed E-state index contributed by atoms with van der Waals surface area (Å²) < 4.78 is 10.3. The summed E-state index contributed by atoms with van der Waals surface area (Å²) in [6, 6.07) is 3.77. The van der Waals surface area contributed by atoms with E-state index in [4.69, 9.17) is 4.74 Å². The van der Waals surface area contributed by atoms with E-state index in [1.165, 1.54) is 7.11 Å². The fourth-order valence-corrected chi connectivity index (χ4v) is 1.66. The van der Waals surface area contributed by atoms with Gasteiger partial charge < -0.3 is 14.4 Å². The van der Waals surface area contributed by atoms with Crippen LogP contribution < -0.4 is 9.64 Å². The molecule has 0 saturated heterocycles. The minimum atomic E-state index is -0.183. The Labute approximate surface area is 114 Å². The molecule has 0 bridgehead atoms. The monoisotopic (exact) mass is 266 g/mol. The van der Waals surface area contributed by atoms with Gasteiger partial charge in [0.05, 0.1) is 13.7 Å². The molecule has 0 atom stereocenters. The first-order valence-corrected chi connectivity index (χ1v) is 6.54. The number of methoxy groups -OCH3 is 1. The Balaban J connectivity index is 2.55. The summed E-state index contributed by atoms with van der Waals surface area (Å²) in [5.74, 6) is 1.41. The highest BCUT2D eigenvalue weighted by Gasteiger charge is 2.10. The van der Waals surface area contributed by atoms with E-state index in [2.05, 4.69) is 16.6 Å². The van der Waals surface area contributed by atoms with E-state index in [-0.39, 0.29) is 5.97 Å². The molecular weight excluding hydrogens is 244 g/mol. The van der Waals surface area contributed by atoms with Crippen LogP contribution in [0.2, 0.25) is 0 Å². The molecule has 0 spiro atoms. The van der Waals surface area contributed by atoms with Gasteiger partial charge in [-0.05, 0) is 25.0 Å². The SMILES string of the molecule is CCCOc1cccnc1N(C)CCCC(=O)OC. The normalized spacial score (nSPS) is 10.1. The molecule has 5 heteroatoms. The van der Waals surface area contributed by atoms with Crippen LogP contribution in [0.4, 0.5) is 5.82 Å². The Morgan fingerprint density at radius 3 is 2.95 bits per heavy atom. The van der Waals surface area contributed by atoms with Crippen molar-refractivity contribution in [1.29, 1.82) is 0 Å². The standard InChI is InChI=1S/C14H22N2O3/c1-4-11-19-12-7-5-9-15-14(12)16(2)10-6-8-13(17)18-3/h5,7,9H,4,6,8,10-11H2,1-3H3. The van der Waals surface area contributed by atoms with Gasteiger partial charge in [0, 0.05) is 26.2 Å². The number of nitrogens with zero attached hydrogens (tertiary/aromatic N) is 2. The van der Waals surface area contributed by atoms with Crippen LogP contribution in [-0.2, 0) is 9.53 Å². The molecule has 0 aliphatic heterocycles. The van der Waals surface area contributed by atoms with Gasteiger partial charge in [-0.2, -0.15) is 0 Å². The van der Waals surface area contributed by atoms with E-state index < -0.39 is 0 Å². The van der Waals surface area contributed by atoms with Crippen LogP contribution in [0, 0.1) is 0 Å². The summed E-state index contributed by atoms with van der Waals surface area (Å²) in [6.07, 6.45) is 3.84. The Morgan fingerprint density at radius 1 is 1.47 bits per heavy atom. The van der Waals surface area contributed by atoms with E-state index in [9.17, 15) is 4.79 Å². The molecule has 0 N–H and O–H groups in total. The zero-order chi connectivity index (χ0) is 14.1. The maximum absolute atomic E-state index is 11.1. The van der Waals surface area contributed by atoms with Crippen molar-refractivity contribution >= 4 is 11.8 Å². The molecule has 0 saturated carbocycles. The number of hydrogen-bond donors (Lipinski definition) is 0. The Morgan fingerprint density at radius 2 is 2.26 bits per heavy atom. The van der Waals surface area contributed by atoms with Crippen LogP contribution in [0.25, 0.3) is 0 Å². The summed E-state index contributed by atoms with van der Waals surface area (Å²) >= 11 is 0. The number of hydrogen-bond acceptors (Lipinski definition) is 5. The molecule has 1 rings (SSSR count). The number of ether oxygens (including phenoxy) is 2. The first kappa shape index (κ1) is 15.3. The maximum Gasteiger partial charge on any atom is 0.305 e. The number of carbonyl (C=O) groups is 1. The lowest BCUT2D eigenvalue weighted by molar-refractivity contribution is -0.140. The highest BCUT2D eigenvalue weighted by molar-refractivity contribution is 5.69. The van der Waals surface area contributed by atoms with Gasteiger partial charge >= 0.3 is 5.97 Å². The fraction of sp³-hybridized carbons (Fsp3) is 0.571. The van der Waals surface area contributed by atoms with Crippen LogP contribution in [0.3, 0.4) is 0 Å². The van der Waals surface area contributed by atoms with Crippen LogP contribution in [0.1, 0.15) is 26.2 Å². The lowest BCUT2D eigenvalue weighted by Gasteiger charge is -2.20. The molecule has 1 aromatic rings. The van der Waals surface area contributed by atoms with Gasteiger partial charge in [0.15, 0.2) is 11.6 Å². The lowest BCUT2D eigenvalue weighted by atomic mass is 10.3. The van der Waals surface area contributed by atoms with E-state index >= 15 is 0 Å². The molecule has 0 aliphatic rings. The van der Waals surface area contributed by atoms with Crippen molar-refractivity contribution in [1.82, 2.24) is 4.98 Å². The molecule has 1 aromatic heterocycles. The molecule has 5 nitrogen and oxygen atoms in total. The topological polar surface area (TPSA) is 51.7 Å². The largest absolute Gasteiger partial charge is 0.490 e. The van der Waals surface area contributed by atoms with Crippen LogP contribution in [0.5, 0.6) is 5.75 Å². The summed E-state index contributed by atoms with van der Waals surface area (Å²) in [6.45, 7) is 3.47. The minimum Gasteiger partial charge on any atom is -0.490 e. The highest BCUT2D eigenvalue weighted by atomic mass is 16.5. The molecule has 0 fully saturated rings. The second-order valence-electron chi connectivity index (χ2n) is 4.27. The number of carbonyl (C=O) groups excluding carboxylic acids is 1. The van der Waals surface area contributed by atoms with Crippen molar-refractivity contribution in [3.8, 4) is 5.75 Å². The highest BCUT2D eigenvalue weighted by Crippen LogP contribution is 2.24. The van der Waals surface area contributed by atoms with E-state index in [1.54, 1.807) is 6.20 Å². The van der Waals surface area contributed by atoms with Gasteiger partial charge in [-0.3, -0.25) is 4.79 Å². The van der Waals surface area contributed by atoms with Crippen LogP contribution >= 0.6 is 0 Å². The summed E-state index contributed by atoms with van der Waals surface area (Å²) in [5, 5.41) is 0. The Hall–Kier alpha value is -1.78. The van der Waals surface area contributed by atoms with Crippen LogP contribution in [0.15, 0.2) is 18.3 Å². The number of anilines is 1. The Bertz CT molecular complexity index is 396. The van der Waals surface area contributed by atoms with Gasteiger partial charge in [0.1, 0.15) is 0 Å². The first-order valence-electron chi connectivity index (χ1n) is 6.54. The average molecular weight is 266 g/mol. The maximum atomic E-state index is 11.1. The van der Waals surface area contributed by atoms with Gasteiger partial charge in [0.2, 0.25) is 0 Å². The second-order valence-corrected chi connectivity index (χ2v) is 4.27. The van der Waals surface area contributed by atoms with Crippen molar-refractivity contribution in [2.75, 3.05) is 32.2 Å². The zero-order valence-electron chi connectivity index (χ0n) is 11.9. The van der Waals surface area contributed by atoms with Gasteiger partial charge in [-0.1, -0.05) is 6.92 Å². The molecule has 0 aromatic carbocycles. The Kier molecular flexibility index (Phi) is 6.71. The van der Waals surface area contributed by atoms with Crippen molar-refractivity contribution in [2.24, 2.45) is 0 Å². The summed E-state index contributed by atoms with van der Waals surface area (Å²) in [4.78, 5) is 17.4. The molecule has 106 valence electrons. The molecule has 0 unspecified atom stereocenters. The first-order chi connectivity index (χ1) is 9.19. The van der Waals surface area contributed by atoms with Crippen molar-refractivity contribution in [3.05, 3.63) is 18.3 Å². The van der Waals surface area contributed by atoms with Crippen molar-refractivity contribution in [2.45, 2.75) is 26.2 Å². The lowest BCUT2D eigenvalue weighted by Crippen LogP contribution is -2.21. The predicted octanol–water partition coefficient (Wildman–Crippen LogP) is 2.26. The molecule has 1 heterocycles. The van der Waals surface area contributed by atoms with Gasteiger partial charge in [0.25, 0.3) is 0 Å². The number of aromatic nitrogens is 1. The fourth-order valence-electron chi connectivity index (χ4n) is 1.66. The van der Waals surface area contributed by atoms with E-state index in [0.717, 1.165) is 31.0 Å². The third-order valence-corrected chi connectivity index (χ3v) is 2.68. The molecule has 19 heavy (non-hydrogen) atoms. The smallest absolute Gasteiger partial charge is 0.305 e. The zero-order valence-corrected chi connectivity index (χ0v) is 11.9. The van der Waals surface area contributed by atoms with Crippen molar-refractivity contribution < 1.29 is 14.3 Å². The van der Waals surface area contributed by atoms with Crippen molar-refractivity contribution in [3.63, 3.8) is 0 Å². The third kappa shape index (κ3) is 5.16. The number of esters is 1. The number of rotatable bonds is 8. The summed E-state index contributed by atoms with van der Waals surface area (Å²) in [5.41, 5.74) is 0. The third-order valence-electron chi connectivity index (χ3n) is 2.68. The quantitative estimate of drug-likeness (QED) is 0.675. The van der Waals surface area contributed by atoms with E-state index in [1.807, 2.05) is 24.1 Å². The second kappa shape index (κ2) is 8.34. The predicted molar refractivity (Wildman–Crippen MR) is 74.5 cm³/mol. The summed E-state index contributed by atoms with van der Waals surface area (Å²) in [7, 11) is 3.35. The van der Waals surface area contributed by atoms with E-state index in [0.29, 0.717) is 13.0 Å². The van der Waals surface area contributed by atoms with Gasteiger partial charge in [-0.25, -0.2) is 4.98 Å². The molecule has 0 amide bonds.